The minimum Gasteiger partial charge on any atom is -0.381 e. The number of carbonyl (C=O) groups is 1. The summed E-state index contributed by atoms with van der Waals surface area (Å²) in [6.45, 7) is 2.76. The van der Waals surface area contributed by atoms with Crippen LogP contribution in [0.2, 0.25) is 0 Å². The van der Waals surface area contributed by atoms with Gasteiger partial charge in [0.1, 0.15) is 0 Å². The lowest BCUT2D eigenvalue weighted by Gasteiger charge is -2.25. The first-order valence-corrected chi connectivity index (χ1v) is 10.9. The van der Waals surface area contributed by atoms with E-state index in [0.717, 1.165) is 43.2 Å². The van der Waals surface area contributed by atoms with E-state index in [1.807, 2.05) is 6.92 Å². The Morgan fingerprint density at radius 2 is 1.84 bits per heavy atom. The van der Waals surface area contributed by atoms with E-state index >= 15 is 0 Å². The molecule has 0 spiro atoms. The summed E-state index contributed by atoms with van der Waals surface area (Å²) in [4.78, 5) is 17.5. The van der Waals surface area contributed by atoms with Crippen molar-refractivity contribution >= 4 is 22.6 Å². The molecule has 1 fully saturated rings. The molecular weight excluding hydrogens is 419 g/mol. The summed E-state index contributed by atoms with van der Waals surface area (Å²) >= 11 is 0. The summed E-state index contributed by atoms with van der Waals surface area (Å²) < 4.78 is 40.1. The molecule has 0 aliphatic heterocycles. The molecule has 1 aliphatic carbocycles. The predicted octanol–water partition coefficient (Wildman–Crippen LogP) is 5.14. The topological polar surface area (TPSA) is 71.8 Å². The van der Waals surface area contributed by atoms with Crippen LogP contribution in [0.3, 0.4) is 0 Å². The van der Waals surface area contributed by atoms with Gasteiger partial charge in [0.05, 0.1) is 28.4 Å². The molecule has 2 N–H and O–H groups in total. The molecular formula is C23H26F3N5O. The minimum absolute atomic E-state index is 0.117. The average Bonchev–Trinajstić information content (AvgIpc) is 3.22. The van der Waals surface area contributed by atoms with Crippen LogP contribution >= 0.6 is 0 Å². The van der Waals surface area contributed by atoms with E-state index in [9.17, 15) is 18.0 Å². The molecule has 2 heterocycles. The number of benzene rings is 1. The summed E-state index contributed by atoms with van der Waals surface area (Å²) in [5, 5.41) is 11.5. The number of rotatable bonds is 6. The Morgan fingerprint density at radius 3 is 2.50 bits per heavy atom. The van der Waals surface area contributed by atoms with Gasteiger partial charge in [0.2, 0.25) is 0 Å². The third-order valence-electron chi connectivity index (χ3n) is 5.90. The fourth-order valence-corrected chi connectivity index (χ4v) is 4.13. The van der Waals surface area contributed by atoms with E-state index in [-0.39, 0.29) is 18.5 Å². The third kappa shape index (κ3) is 4.71. The quantitative estimate of drug-likeness (QED) is 0.551. The van der Waals surface area contributed by atoms with Crippen molar-refractivity contribution < 1.29 is 18.0 Å². The summed E-state index contributed by atoms with van der Waals surface area (Å²) in [6.07, 6.45) is 4.48. The number of halogens is 3. The normalized spacial score (nSPS) is 15.1. The van der Waals surface area contributed by atoms with Gasteiger partial charge in [0.15, 0.2) is 5.65 Å². The molecule has 6 nitrogen and oxygen atoms in total. The van der Waals surface area contributed by atoms with Crippen molar-refractivity contribution in [3.8, 4) is 0 Å². The number of nitrogens with one attached hydrogen (secondary N) is 2. The molecule has 0 bridgehead atoms. The highest BCUT2D eigenvalue weighted by molar-refractivity contribution is 6.06. The number of amides is 1. The predicted molar refractivity (Wildman–Crippen MR) is 116 cm³/mol. The van der Waals surface area contributed by atoms with E-state index in [4.69, 9.17) is 0 Å². The smallest absolute Gasteiger partial charge is 0.381 e. The molecule has 0 radical (unpaired) electrons. The highest BCUT2D eigenvalue weighted by atomic mass is 19.4. The van der Waals surface area contributed by atoms with Crippen LogP contribution in [0.25, 0.3) is 11.0 Å². The molecule has 170 valence electrons. The van der Waals surface area contributed by atoms with Crippen molar-refractivity contribution in [3.05, 3.63) is 53.3 Å². The fraction of sp³-hybridized carbons (Fsp3) is 0.435. The van der Waals surface area contributed by atoms with E-state index in [1.165, 1.54) is 18.6 Å². The van der Waals surface area contributed by atoms with Crippen LogP contribution < -0.4 is 10.6 Å². The van der Waals surface area contributed by atoms with E-state index in [0.29, 0.717) is 29.0 Å². The number of aryl methyl sites for hydroxylation is 1. The molecule has 1 aliphatic rings. The Hall–Kier alpha value is -3.10. The maximum Gasteiger partial charge on any atom is 0.416 e. The molecule has 0 saturated heterocycles. The van der Waals surface area contributed by atoms with Gasteiger partial charge in [0, 0.05) is 25.3 Å². The van der Waals surface area contributed by atoms with Gasteiger partial charge < -0.3 is 10.6 Å². The summed E-state index contributed by atoms with van der Waals surface area (Å²) in [7, 11) is 0. The first kappa shape index (κ1) is 22.1. The molecule has 3 aromatic rings. The molecule has 0 atom stereocenters. The van der Waals surface area contributed by atoms with Gasteiger partial charge in [-0.3, -0.25) is 4.79 Å². The van der Waals surface area contributed by atoms with E-state index < -0.39 is 11.7 Å². The second kappa shape index (κ2) is 9.18. The lowest BCUT2D eigenvalue weighted by molar-refractivity contribution is -0.137. The maximum atomic E-state index is 13.0. The van der Waals surface area contributed by atoms with Crippen LogP contribution in [-0.4, -0.2) is 26.7 Å². The van der Waals surface area contributed by atoms with Gasteiger partial charge in [-0.25, -0.2) is 9.67 Å². The van der Waals surface area contributed by atoms with Crippen molar-refractivity contribution in [2.45, 2.75) is 64.3 Å². The number of nitrogens with zero attached hydrogens (tertiary/aromatic N) is 3. The zero-order valence-corrected chi connectivity index (χ0v) is 17.9. The monoisotopic (exact) mass is 445 g/mol. The van der Waals surface area contributed by atoms with Crippen LogP contribution in [0.1, 0.15) is 60.5 Å². The lowest BCUT2D eigenvalue weighted by Crippen LogP contribution is -2.27. The van der Waals surface area contributed by atoms with Crippen molar-refractivity contribution in [1.82, 2.24) is 20.1 Å². The van der Waals surface area contributed by atoms with E-state index in [2.05, 4.69) is 20.7 Å². The number of alkyl halides is 3. The SMILES string of the molecule is CCn1ncc2c(NC3CCCCC3)c(C(=O)NCc3ccc(C(F)(F)F)cc3)cnc21. The Morgan fingerprint density at radius 1 is 1.12 bits per heavy atom. The first-order chi connectivity index (χ1) is 15.4. The Kier molecular flexibility index (Phi) is 6.34. The van der Waals surface area contributed by atoms with Crippen molar-refractivity contribution in [2.24, 2.45) is 0 Å². The minimum atomic E-state index is -4.38. The van der Waals surface area contributed by atoms with Gasteiger partial charge >= 0.3 is 6.18 Å². The Bertz CT molecular complexity index is 1090. The Balaban J connectivity index is 1.56. The van der Waals surface area contributed by atoms with Crippen molar-refractivity contribution in [2.75, 3.05) is 5.32 Å². The average molecular weight is 445 g/mol. The number of aromatic nitrogens is 3. The van der Waals surface area contributed by atoms with Crippen molar-refractivity contribution in [1.29, 1.82) is 0 Å². The first-order valence-electron chi connectivity index (χ1n) is 10.9. The molecule has 2 aromatic heterocycles. The second-order valence-corrected chi connectivity index (χ2v) is 8.10. The summed E-state index contributed by atoms with van der Waals surface area (Å²) in [5.41, 5.74) is 1.71. The zero-order chi connectivity index (χ0) is 22.7. The maximum absolute atomic E-state index is 13.0. The zero-order valence-electron chi connectivity index (χ0n) is 17.9. The molecule has 1 saturated carbocycles. The van der Waals surface area contributed by atoms with Gasteiger partial charge in [-0.05, 0) is 37.5 Å². The third-order valence-corrected chi connectivity index (χ3v) is 5.90. The number of carbonyl (C=O) groups excluding carboxylic acids is 1. The molecule has 0 unspecified atom stereocenters. The molecule has 9 heteroatoms. The number of fused-ring (bicyclic) bond motifs is 1. The second-order valence-electron chi connectivity index (χ2n) is 8.10. The highest BCUT2D eigenvalue weighted by Crippen LogP contribution is 2.31. The Labute approximate surface area is 184 Å². The highest BCUT2D eigenvalue weighted by Gasteiger charge is 2.30. The van der Waals surface area contributed by atoms with Crippen LogP contribution in [0.15, 0.2) is 36.7 Å². The lowest BCUT2D eigenvalue weighted by atomic mass is 9.95. The molecule has 4 rings (SSSR count). The van der Waals surface area contributed by atoms with Gasteiger partial charge in [0.25, 0.3) is 5.91 Å². The number of anilines is 1. The molecule has 32 heavy (non-hydrogen) atoms. The van der Waals surface area contributed by atoms with E-state index in [1.54, 1.807) is 17.1 Å². The van der Waals surface area contributed by atoms with Gasteiger partial charge in [-0.15, -0.1) is 0 Å². The number of hydrogen-bond acceptors (Lipinski definition) is 4. The molecule has 1 amide bonds. The largest absolute Gasteiger partial charge is 0.416 e. The van der Waals surface area contributed by atoms with Gasteiger partial charge in [-0.2, -0.15) is 18.3 Å². The van der Waals surface area contributed by atoms with Crippen LogP contribution in [-0.2, 0) is 19.3 Å². The fourth-order valence-electron chi connectivity index (χ4n) is 4.13. The standard InChI is InChI=1S/C23H26F3N5O/c1-2-31-21-18(14-29-31)20(30-17-6-4-3-5-7-17)19(13-27-21)22(32)28-12-15-8-10-16(11-9-15)23(24,25)26/h8-11,13-14,17H,2-7,12H2,1H3,(H,27,30)(H,28,32). The summed E-state index contributed by atoms with van der Waals surface area (Å²) in [5.74, 6) is -0.332. The molecule has 1 aromatic carbocycles. The van der Waals surface area contributed by atoms with Gasteiger partial charge in [-0.1, -0.05) is 31.4 Å². The number of pyridine rings is 1. The van der Waals surface area contributed by atoms with Crippen LogP contribution in [0.5, 0.6) is 0 Å². The van der Waals surface area contributed by atoms with Crippen LogP contribution in [0.4, 0.5) is 18.9 Å². The summed E-state index contributed by atoms with van der Waals surface area (Å²) in [6, 6.07) is 5.06. The number of hydrogen-bond donors (Lipinski definition) is 2. The van der Waals surface area contributed by atoms with Crippen molar-refractivity contribution in [3.63, 3.8) is 0 Å². The van der Waals surface area contributed by atoms with Crippen LogP contribution in [0, 0.1) is 0 Å².